The Balaban J connectivity index is 0.00000306. The number of nitrogens with one attached hydrogen (secondary N) is 2. The van der Waals surface area contributed by atoms with Crippen molar-refractivity contribution in [1.82, 2.24) is 20.5 Å². The number of halogens is 1. The fourth-order valence-corrected chi connectivity index (χ4v) is 4.12. The first-order valence-corrected chi connectivity index (χ1v) is 11.6. The molecule has 174 valence electrons. The van der Waals surface area contributed by atoms with E-state index in [0.717, 1.165) is 56.2 Å². The molecule has 0 unspecified atom stereocenters. The summed E-state index contributed by atoms with van der Waals surface area (Å²) in [5.41, 5.74) is 4.69. The van der Waals surface area contributed by atoms with Crippen molar-refractivity contribution in [2.24, 2.45) is 4.99 Å². The van der Waals surface area contributed by atoms with Crippen LogP contribution in [-0.4, -0.2) is 41.5 Å². The standard InChI is InChI=1S/C27H33N5.HI/c1-2-28-27(30-20-23-11-8-12-24(19-23)26-13-6-7-16-29-26)31-25-14-17-32(18-15-25)21-22-9-4-3-5-10-22;/h3-13,16,19,25H,2,14-15,17-18,20-21H2,1H3,(H2,28,30,31);1H. The van der Waals surface area contributed by atoms with Gasteiger partial charge in [0.2, 0.25) is 0 Å². The number of benzene rings is 2. The van der Waals surface area contributed by atoms with Crippen molar-refractivity contribution < 1.29 is 0 Å². The molecular formula is C27H34IN5. The highest BCUT2D eigenvalue weighted by atomic mass is 127. The Hall–Kier alpha value is -2.45. The van der Waals surface area contributed by atoms with Crippen molar-refractivity contribution in [3.8, 4) is 11.3 Å². The Labute approximate surface area is 214 Å². The van der Waals surface area contributed by atoms with E-state index >= 15 is 0 Å². The number of aliphatic imine (C=N–C) groups is 1. The molecule has 3 aromatic rings. The number of nitrogens with zero attached hydrogens (tertiary/aromatic N) is 3. The zero-order chi connectivity index (χ0) is 22.0. The predicted octanol–water partition coefficient (Wildman–Crippen LogP) is 5.09. The minimum atomic E-state index is 0. The molecule has 2 aromatic carbocycles. The molecule has 0 atom stereocenters. The van der Waals surface area contributed by atoms with Gasteiger partial charge in [0.15, 0.2) is 5.96 Å². The van der Waals surface area contributed by atoms with Gasteiger partial charge in [-0.2, -0.15) is 0 Å². The van der Waals surface area contributed by atoms with E-state index in [0.29, 0.717) is 12.6 Å². The molecular weight excluding hydrogens is 521 g/mol. The Morgan fingerprint density at radius 2 is 1.73 bits per heavy atom. The molecule has 1 fully saturated rings. The van der Waals surface area contributed by atoms with Crippen molar-refractivity contribution in [3.05, 3.63) is 90.1 Å². The molecule has 1 aromatic heterocycles. The first-order valence-electron chi connectivity index (χ1n) is 11.6. The summed E-state index contributed by atoms with van der Waals surface area (Å²) in [4.78, 5) is 11.9. The maximum Gasteiger partial charge on any atom is 0.191 e. The summed E-state index contributed by atoms with van der Waals surface area (Å²) >= 11 is 0. The van der Waals surface area contributed by atoms with Crippen molar-refractivity contribution in [2.45, 2.75) is 38.9 Å². The van der Waals surface area contributed by atoms with Crippen LogP contribution in [0.4, 0.5) is 0 Å². The highest BCUT2D eigenvalue weighted by Crippen LogP contribution is 2.18. The SMILES string of the molecule is CCNC(=NCc1cccc(-c2ccccn2)c1)NC1CCN(Cc2ccccc2)CC1.I. The van der Waals surface area contributed by atoms with Gasteiger partial charge in [-0.15, -0.1) is 24.0 Å². The number of guanidine groups is 1. The number of hydrogen-bond acceptors (Lipinski definition) is 3. The molecule has 5 nitrogen and oxygen atoms in total. The molecule has 2 N–H and O–H groups in total. The number of likely N-dealkylation sites (tertiary alicyclic amines) is 1. The molecule has 2 heterocycles. The molecule has 0 saturated carbocycles. The number of hydrogen-bond donors (Lipinski definition) is 2. The number of piperidine rings is 1. The molecule has 0 aliphatic carbocycles. The van der Waals surface area contributed by atoms with Gasteiger partial charge < -0.3 is 10.6 Å². The van der Waals surface area contributed by atoms with E-state index in [9.17, 15) is 0 Å². The number of rotatable bonds is 7. The van der Waals surface area contributed by atoms with E-state index in [1.54, 1.807) is 0 Å². The lowest BCUT2D eigenvalue weighted by atomic mass is 10.0. The third-order valence-electron chi connectivity index (χ3n) is 5.83. The topological polar surface area (TPSA) is 52.6 Å². The van der Waals surface area contributed by atoms with Crippen LogP contribution in [0.25, 0.3) is 11.3 Å². The zero-order valence-electron chi connectivity index (χ0n) is 19.3. The fraction of sp³-hybridized carbons (Fsp3) is 0.333. The van der Waals surface area contributed by atoms with Gasteiger partial charge in [0.25, 0.3) is 0 Å². The monoisotopic (exact) mass is 555 g/mol. The summed E-state index contributed by atoms with van der Waals surface area (Å²) < 4.78 is 0. The highest BCUT2D eigenvalue weighted by molar-refractivity contribution is 14.0. The van der Waals surface area contributed by atoms with E-state index < -0.39 is 0 Å². The third kappa shape index (κ3) is 7.82. The summed E-state index contributed by atoms with van der Waals surface area (Å²) in [6.07, 6.45) is 4.09. The van der Waals surface area contributed by atoms with Gasteiger partial charge in [0.1, 0.15) is 0 Å². The lowest BCUT2D eigenvalue weighted by molar-refractivity contribution is 0.198. The van der Waals surface area contributed by atoms with Crippen LogP contribution in [0, 0.1) is 0 Å². The van der Waals surface area contributed by atoms with Crippen molar-refractivity contribution >= 4 is 29.9 Å². The zero-order valence-corrected chi connectivity index (χ0v) is 21.6. The molecule has 1 saturated heterocycles. The van der Waals surface area contributed by atoms with Gasteiger partial charge in [-0.1, -0.05) is 54.6 Å². The lowest BCUT2D eigenvalue weighted by Gasteiger charge is -2.33. The summed E-state index contributed by atoms with van der Waals surface area (Å²) in [6, 6.07) is 25.7. The molecule has 33 heavy (non-hydrogen) atoms. The van der Waals surface area contributed by atoms with Gasteiger partial charge in [-0.3, -0.25) is 9.88 Å². The van der Waals surface area contributed by atoms with Crippen LogP contribution in [0.5, 0.6) is 0 Å². The van der Waals surface area contributed by atoms with Gasteiger partial charge in [-0.25, -0.2) is 4.99 Å². The average molecular weight is 556 g/mol. The van der Waals surface area contributed by atoms with E-state index in [1.165, 1.54) is 11.1 Å². The summed E-state index contributed by atoms with van der Waals surface area (Å²) in [7, 11) is 0. The quantitative estimate of drug-likeness (QED) is 0.243. The van der Waals surface area contributed by atoms with Crippen LogP contribution in [0.15, 0.2) is 84.0 Å². The van der Waals surface area contributed by atoms with Crippen LogP contribution in [-0.2, 0) is 13.1 Å². The Morgan fingerprint density at radius 3 is 2.45 bits per heavy atom. The molecule has 0 amide bonds. The molecule has 4 rings (SSSR count). The first-order chi connectivity index (χ1) is 15.8. The maximum absolute atomic E-state index is 4.86. The summed E-state index contributed by atoms with van der Waals surface area (Å²) in [6.45, 7) is 6.86. The first kappa shape index (κ1) is 25.2. The highest BCUT2D eigenvalue weighted by Gasteiger charge is 2.20. The van der Waals surface area contributed by atoms with Gasteiger partial charge >= 0.3 is 0 Å². The second-order valence-electron chi connectivity index (χ2n) is 8.29. The van der Waals surface area contributed by atoms with Crippen molar-refractivity contribution in [1.29, 1.82) is 0 Å². The molecule has 0 radical (unpaired) electrons. The average Bonchev–Trinajstić information content (AvgIpc) is 2.85. The Morgan fingerprint density at radius 1 is 0.970 bits per heavy atom. The fourth-order valence-electron chi connectivity index (χ4n) is 4.12. The normalized spacial score (nSPS) is 15.0. The molecule has 1 aliphatic rings. The van der Waals surface area contributed by atoms with Crippen LogP contribution >= 0.6 is 24.0 Å². The number of pyridine rings is 1. The minimum absolute atomic E-state index is 0. The smallest absolute Gasteiger partial charge is 0.191 e. The predicted molar refractivity (Wildman–Crippen MR) is 148 cm³/mol. The molecule has 0 spiro atoms. The number of aromatic nitrogens is 1. The van der Waals surface area contributed by atoms with Crippen LogP contribution in [0.2, 0.25) is 0 Å². The largest absolute Gasteiger partial charge is 0.357 e. The summed E-state index contributed by atoms with van der Waals surface area (Å²) in [5, 5.41) is 7.07. The third-order valence-corrected chi connectivity index (χ3v) is 5.83. The second-order valence-corrected chi connectivity index (χ2v) is 8.29. The van der Waals surface area contributed by atoms with E-state index in [4.69, 9.17) is 4.99 Å². The van der Waals surface area contributed by atoms with Crippen LogP contribution in [0.3, 0.4) is 0 Å². The molecule has 0 bridgehead atoms. The van der Waals surface area contributed by atoms with E-state index in [2.05, 4.69) is 82.0 Å². The van der Waals surface area contributed by atoms with Gasteiger partial charge in [-0.05, 0) is 49.1 Å². The maximum atomic E-state index is 4.86. The minimum Gasteiger partial charge on any atom is -0.357 e. The molecule has 6 heteroatoms. The van der Waals surface area contributed by atoms with Crippen molar-refractivity contribution in [2.75, 3.05) is 19.6 Å². The Bertz CT molecular complexity index is 986. The lowest BCUT2D eigenvalue weighted by Crippen LogP contribution is -2.48. The second kappa shape index (κ2) is 13.3. The van der Waals surface area contributed by atoms with Crippen LogP contribution in [0.1, 0.15) is 30.9 Å². The molecule has 1 aliphatic heterocycles. The summed E-state index contributed by atoms with van der Waals surface area (Å²) in [5.74, 6) is 0.900. The van der Waals surface area contributed by atoms with Gasteiger partial charge in [0.05, 0.1) is 12.2 Å². The van der Waals surface area contributed by atoms with E-state index in [-0.39, 0.29) is 24.0 Å². The van der Waals surface area contributed by atoms with Crippen molar-refractivity contribution in [3.63, 3.8) is 0 Å². The van der Waals surface area contributed by atoms with Crippen LogP contribution < -0.4 is 10.6 Å². The van der Waals surface area contributed by atoms with E-state index in [1.807, 2.05) is 24.4 Å². The Kier molecular flexibility index (Phi) is 10.2. The van der Waals surface area contributed by atoms with Gasteiger partial charge in [0, 0.05) is 44.0 Å².